The number of rotatable bonds is 6. The maximum absolute atomic E-state index is 12.0. The first-order chi connectivity index (χ1) is 10.0. The first-order valence-electron chi connectivity index (χ1n) is 6.75. The van der Waals surface area contributed by atoms with E-state index in [0.717, 1.165) is 18.4 Å². The fourth-order valence-electron chi connectivity index (χ4n) is 2.01. The Kier molecular flexibility index (Phi) is 3.54. The van der Waals surface area contributed by atoms with E-state index in [-0.39, 0.29) is 24.1 Å². The lowest BCUT2D eigenvalue weighted by Crippen LogP contribution is -2.32. The molecule has 2 aromatic rings. The van der Waals surface area contributed by atoms with Crippen molar-refractivity contribution in [1.29, 1.82) is 0 Å². The van der Waals surface area contributed by atoms with Gasteiger partial charge in [0.25, 0.3) is 0 Å². The fraction of sp³-hybridized carbons (Fsp3) is 0.385. The lowest BCUT2D eigenvalue weighted by atomic mass is 10.4. The number of carbonyl (C=O) groups is 1. The van der Waals surface area contributed by atoms with Crippen molar-refractivity contribution in [3.05, 3.63) is 30.6 Å². The Morgan fingerprint density at radius 2 is 2.19 bits per heavy atom. The van der Waals surface area contributed by atoms with Crippen molar-refractivity contribution in [2.24, 2.45) is 5.92 Å². The van der Waals surface area contributed by atoms with Crippen LogP contribution in [-0.4, -0.2) is 36.2 Å². The van der Waals surface area contributed by atoms with Gasteiger partial charge >= 0.3 is 0 Å². The molecule has 1 aliphatic carbocycles. The molecule has 0 aliphatic heterocycles. The molecule has 1 aliphatic rings. The number of anilines is 1. The van der Waals surface area contributed by atoms with Gasteiger partial charge in [0.2, 0.25) is 15.9 Å². The van der Waals surface area contributed by atoms with E-state index in [0.29, 0.717) is 5.69 Å². The number of carbonyl (C=O) groups excluding carboxylic acids is 1. The van der Waals surface area contributed by atoms with Crippen LogP contribution in [0, 0.1) is 5.92 Å². The van der Waals surface area contributed by atoms with Crippen LogP contribution in [0.25, 0.3) is 5.52 Å². The van der Waals surface area contributed by atoms with Crippen molar-refractivity contribution >= 4 is 27.1 Å². The Morgan fingerprint density at radius 1 is 1.38 bits per heavy atom. The van der Waals surface area contributed by atoms with E-state index in [1.807, 2.05) is 0 Å². The largest absolute Gasteiger partial charge is 0.355 e. The maximum atomic E-state index is 12.0. The Hall–Kier alpha value is -2.09. The topological polar surface area (TPSA) is 92.6 Å². The highest BCUT2D eigenvalue weighted by atomic mass is 32.2. The van der Waals surface area contributed by atoms with E-state index < -0.39 is 10.0 Å². The summed E-state index contributed by atoms with van der Waals surface area (Å²) in [7, 11) is -3.48. The summed E-state index contributed by atoms with van der Waals surface area (Å²) in [5.41, 5.74) is 1.29. The summed E-state index contributed by atoms with van der Waals surface area (Å²) in [5, 5.41) is 6.68. The molecule has 0 saturated heterocycles. The first-order valence-corrected chi connectivity index (χ1v) is 8.40. The average Bonchev–Trinajstić information content (AvgIpc) is 3.17. The van der Waals surface area contributed by atoms with Crippen LogP contribution < -0.4 is 10.0 Å². The number of fused-ring (bicyclic) bond motifs is 1. The Balaban J connectivity index is 1.57. The quantitative estimate of drug-likeness (QED) is 0.817. The van der Waals surface area contributed by atoms with Crippen LogP contribution in [0.15, 0.2) is 30.6 Å². The Morgan fingerprint density at radius 3 is 2.95 bits per heavy atom. The molecule has 0 atom stereocenters. The first kappa shape index (κ1) is 13.9. The second-order valence-corrected chi connectivity index (χ2v) is 6.94. The average molecular weight is 308 g/mol. The molecule has 1 amide bonds. The smallest absolute Gasteiger partial charge is 0.234 e. The molecule has 8 heteroatoms. The molecule has 112 valence electrons. The van der Waals surface area contributed by atoms with Gasteiger partial charge in [-0.3, -0.25) is 9.52 Å². The van der Waals surface area contributed by atoms with Gasteiger partial charge in [-0.05, 0) is 31.0 Å². The molecule has 3 rings (SSSR count). The van der Waals surface area contributed by atoms with Crippen LogP contribution in [0.2, 0.25) is 0 Å². The molecule has 21 heavy (non-hydrogen) atoms. The minimum Gasteiger partial charge on any atom is -0.355 e. The van der Waals surface area contributed by atoms with Gasteiger partial charge < -0.3 is 5.32 Å². The van der Waals surface area contributed by atoms with Crippen molar-refractivity contribution in [3.63, 3.8) is 0 Å². The zero-order valence-corrected chi connectivity index (χ0v) is 12.1. The van der Waals surface area contributed by atoms with Crippen LogP contribution in [0.5, 0.6) is 0 Å². The van der Waals surface area contributed by atoms with E-state index in [2.05, 4.69) is 15.1 Å². The number of hydrogen-bond donors (Lipinski definition) is 2. The van der Waals surface area contributed by atoms with E-state index in [1.165, 1.54) is 0 Å². The molecule has 0 aromatic carbocycles. The highest BCUT2D eigenvalue weighted by Gasteiger charge is 2.29. The standard InChI is InChI=1S/C13H16N4O3S/c18-13(10-1-2-10)14-6-8-21(19,20)16-11-4-7-17-12(9-11)3-5-15-17/h3-5,7,9-10,16H,1-2,6,8H2,(H,14,18). The lowest BCUT2D eigenvalue weighted by molar-refractivity contribution is -0.122. The minimum atomic E-state index is -3.48. The number of nitrogens with one attached hydrogen (secondary N) is 2. The zero-order chi connectivity index (χ0) is 14.9. The van der Waals surface area contributed by atoms with E-state index in [1.54, 1.807) is 35.1 Å². The second-order valence-electron chi connectivity index (χ2n) is 5.10. The molecule has 0 radical (unpaired) electrons. The van der Waals surface area contributed by atoms with Crippen LogP contribution in [0.3, 0.4) is 0 Å². The molecular weight excluding hydrogens is 292 g/mol. The van der Waals surface area contributed by atoms with Crippen molar-refractivity contribution in [1.82, 2.24) is 14.9 Å². The van der Waals surface area contributed by atoms with E-state index in [9.17, 15) is 13.2 Å². The third kappa shape index (κ3) is 3.52. The molecule has 2 aromatic heterocycles. The number of sulfonamides is 1. The Bertz CT molecular complexity index is 765. The molecule has 2 heterocycles. The van der Waals surface area contributed by atoms with Crippen LogP contribution in [0.4, 0.5) is 5.69 Å². The van der Waals surface area contributed by atoms with Crippen molar-refractivity contribution in [2.45, 2.75) is 12.8 Å². The number of aromatic nitrogens is 2. The molecule has 1 fully saturated rings. The number of nitrogens with zero attached hydrogens (tertiary/aromatic N) is 2. The minimum absolute atomic E-state index is 0.0501. The van der Waals surface area contributed by atoms with Gasteiger partial charge in [0, 0.05) is 24.9 Å². The SMILES string of the molecule is O=C(NCCS(=O)(=O)Nc1ccn2nccc2c1)C1CC1. The van der Waals surface area contributed by atoms with E-state index in [4.69, 9.17) is 0 Å². The third-order valence-electron chi connectivity index (χ3n) is 3.29. The number of hydrogen-bond acceptors (Lipinski definition) is 4. The van der Waals surface area contributed by atoms with Gasteiger partial charge in [0.1, 0.15) is 0 Å². The summed E-state index contributed by atoms with van der Waals surface area (Å²) in [5.74, 6) is -0.105. The summed E-state index contributed by atoms with van der Waals surface area (Å²) < 4.78 is 28.1. The molecule has 2 N–H and O–H groups in total. The Labute approximate surface area is 122 Å². The molecule has 1 saturated carbocycles. The fourth-order valence-corrected chi connectivity index (χ4v) is 2.97. The normalized spacial score (nSPS) is 15.0. The number of pyridine rings is 1. The summed E-state index contributed by atoms with van der Waals surface area (Å²) in [6.45, 7) is 0.125. The van der Waals surface area contributed by atoms with Gasteiger partial charge in [-0.15, -0.1) is 0 Å². The summed E-state index contributed by atoms with van der Waals surface area (Å²) >= 11 is 0. The van der Waals surface area contributed by atoms with Gasteiger partial charge in [-0.1, -0.05) is 0 Å². The van der Waals surface area contributed by atoms with Crippen LogP contribution in [-0.2, 0) is 14.8 Å². The van der Waals surface area contributed by atoms with Crippen LogP contribution >= 0.6 is 0 Å². The zero-order valence-electron chi connectivity index (χ0n) is 11.3. The molecule has 7 nitrogen and oxygen atoms in total. The van der Waals surface area contributed by atoms with Crippen molar-refractivity contribution in [2.75, 3.05) is 17.0 Å². The predicted molar refractivity (Wildman–Crippen MR) is 78.3 cm³/mol. The van der Waals surface area contributed by atoms with Gasteiger partial charge in [-0.25, -0.2) is 12.9 Å². The highest BCUT2D eigenvalue weighted by Crippen LogP contribution is 2.28. The lowest BCUT2D eigenvalue weighted by Gasteiger charge is -2.09. The third-order valence-corrected chi connectivity index (χ3v) is 4.58. The second kappa shape index (κ2) is 5.36. The maximum Gasteiger partial charge on any atom is 0.234 e. The van der Waals surface area contributed by atoms with Crippen molar-refractivity contribution < 1.29 is 13.2 Å². The summed E-state index contributed by atoms with van der Waals surface area (Å²) in [4.78, 5) is 11.4. The molecule has 0 bridgehead atoms. The summed E-state index contributed by atoms with van der Waals surface area (Å²) in [6.07, 6.45) is 5.13. The van der Waals surface area contributed by atoms with Gasteiger partial charge in [0.15, 0.2) is 0 Å². The van der Waals surface area contributed by atoms with Crippen LogP contribution in [0.1, 0.15) is 12.8 Å². The van der Waals surface area contributed by atoms with Crippen molar-refractivity contribution in [3.8, 4) is 0 Å². The highest BCUT2D eigenvalue weighted by molar-refractivity contribution is 7.92. The molecule has 0 unspecified atom stereocenters. The predicted octanol–water partition coefficient (Wildman–Crippen LogP) is 0.602. The monoisotopic (exact) mass is 308 g/mol. The van der Waals surface area contributed by atoms with Gasteiger partial charge in [-0.2, -0.15) is 5.10 Å². The molecule has 0 spiro atoms. The van der Waals surface area contributed by atoms with Gasteiger partial charge in [0.05, 0.1) is 17.0 Å². The van der Waals surface area contributed by atoms with E-state index >= 15 is 0 Å². The summed E-state index contributed by atoms with van der Waals surface area (Å²) in [6, 6.07) is 5.13. The molecular formula is C13H16N4O3S. The number of amides is 1.